The predicted octanol–water partition coefficient (Wildman–Crippen LogP) is 3.29. The SMILES string of the molecule is CCc1ccc(C(=O)O[C@@H](C)C(=O)NCCc2ccc(F)cc2)cc1. The molecule has 0 aromatic heterocycles. The maximum Gasteiger partial charge on any atom is 0.338 e. The van der Waals surface area contributed by atoms with E-state index in [4.69, 9.17) is 4.74 Å². The largest absolute Gasteiger partial charge is 0.449 e. The molecule has 5 heteroatoms. The molecule has 0 heterocycles. The van der Waals surface area contributed by atoms with Crippen molar-refractivity contribution in [3.63, 3.8) is 0 Å². The van der Waals surface area contributed by atoms with Crippen molar-refractivity contribution in [3.05, 3.63) is 71.0 Å². The second-order valence-corrected chi connectivity index (χ2v) is 5.77. The van der Waals surface area contributed by atoms with Crippen LogP contribution in [0.5, 0.6) is 0 Å². The van der Waals surface area contributed by atoms with E-state index >= 15 is 0 Å². The highest BCUT2D eigenvalue weighted by atomic mass is 19.1. The van der Waals surface area contributed by atoms with Gasteiger partial charge in [-0.15, -0.1) is 0 Å². The van der Waals surface area contributed by atoms with E-state index in [0.29, 0.717) is 18.5 Å². The zero-order valence-corrected chi connectivity index (χ0v) is 14.4. The Balaban J connectivity index is 1.78. The molecule has 0 saturated heterocycles. The lowest BCUT2D eigenvalue weighted by Crippen LogP contribution is -2.36. The highest BCUT2D eigenvalue weighted by Crippen LogP contribution is 2.08. The highest BCUT2D eigenvalue weighted by molar-refractivity contribution is 5.92. The summed E-state index contributed by atoms with van der Waals surface area (Å²) in [7, 11) is 0. The first-order valence-electron chi connectivity index (χ1n) is 8.31. The van der Waals surface area contributed by atoms with Crippen LogP contribution in [0.1, 0.15) is 35.3 Å². The standard InChI is InChI=1S/C20H22FNO3/c1-3-15-4-8-17(9-5-15)20(24)25-14(2)19(23)22-13-12-16-6-10-18(21)11-7-16/h4-11,14H,3,12-13H2,1-2H3,(H,22,23)/t14-/m0/s1. The number of benzene rings is 2. The lowest BCUT2D eigenvalue weighted by molar-refractivity contribution is -0.129. The summed E-state index contributed by atoms with van der Waals surface area (Å²) in [6.45, 7) is 3.95. The number of amides is 1. The number of ether oxygens (including phenoxy) is 1. The van der Waals surface area contributed by atoms with E-state index in [-0.39, 0.29) is 11.7 Å². The van der Waals surface area contributed by atoms with Crippen molar-refractivity contribution < 1.29 is 18.7 Å². The summed E-state index contributed by atoms with van der Waals surface area (Å²) in [6.07, 6.45) is 0.583. The predicted molar refractivity (Wildman–Crippen MR) is 93.8 cm³/mol. The lowest BCUT2D eigenvalue weighted by atomic mass is 10.1. The van der Waals surface area contributed by atoms with Gasteiger partial charge in [-0.1, -0.05) is 31.2 Å². The minimum Gasteiger partial charge on any atom is -0.449 e. The van der Waals surface area contributed by atoms with Gasteiger partial charge in [0.15, 0.2) is 6.10 Å². The molecule has 0 fully saturated rings. The Morgan fingerprint density at radius 3 is 2.24 bits per heavy atom. The van der Waals surface area contributed by atoms with Crippen LogP contribution < -0.4 is 5.32 Å². The molecule has 1 atom stereocenters. The maximum absolute atomic E-state index is 12.8. The number of halogens is 1. The molecule has 1 N–H and O–H groups in total. The van der Waals surface area contributed by atoms with Crippen LogP contribution in [0.25, 0.3) is 0 Å². The number of esters is 1. The Bertz CT molecular complexity index is 711. The fourth-order valence-electron chi connectivity index (χ4n) is 2.28. The minimum absolute atomic E-state index is 0.291. The molecule has 25 heavy (non-hydrogen) atoms. The normalized spacial score (nSPS) is 11.6. The summed E-state index contributed by atoms with van der Waals surface area (Å²) in [5.41, 5.74) is 2.47. The first kappa shape index (κ1) is 18.6. The number of carbonyl (C=O) groups is 2. The van der Waals surface area contributed by atoms with Gasteiger partial charge in [-0.3, -0.25) is 4.79 Å². The zero-order chi connectivity index (χ0) is 18.2. The molecule has 0 aliphatic heterocycles. The molecule has 132 valence electrons. The molecule has 0 spiro atoms. The van der Waals surface area contributed by atoms with Crippen molar-refractivity contribution in [1.29, 1.82) is 0 Å². The van der Waals surface area contributed by atoms with E-state index in [0.717, 1.165) is 17.5 Å². The summed E-state index contributed by atoms with van der Waals surface area (Å²) in [4.78, 5) is 24.1. The van der Waals surface area contributed by atoms with Crippen LogP contribution in [0.15, 0.2) is 48.5 Å². The van der Waals surface area contributed by atoms with Gasteiger partial charge in [0.1, 0.15) is 5.82 Å². The Morgan fingerprint density at radius 1 is 1.04 bits per heavy atom. The monoisotopic (exact) mass is 343 g/mol. The molecular formula is C20H22FNO3. The first-order valence-corrected chi connectivity index (χ1v) is 8.31. The van der Waals surface area contributed by atoms with Gasteiger partial charge >= 0.3 is 5.97 Å². The average Bonchev–Trinajstić information content (AvgIpc) is 2.63. The van der Waals surface area contributed by atoms with Gasteiger partial charge in [-0.2, -0.15) is 0 Å². The smallest absolute Gasteiger partial charge is 0.338 e. The number of hydrogen-bond acceptors (Lipinski definition) is 3. The first-order chi connectivity index (χ1) is 12.0. The van der Waals surface area contributed by atoms with Gasteiger partial charge in [0.25, 0.3) is 5.91 Å². The Kier molecular flexibility index (Phi) is 6.69. The number of nitrogens with one attached hydrogen (secondary N) is 1. The molecule has 2 aromatic rings. The van der Waals surface area contributed by atoms with Crippen molar-refractivity contribution in [1.82, 2.24) is 5.32 Å². The summed E-state index contributed by atoms with van der Waals surface area (Å²) in [6, 6.07) is 13.2. The number of hydrogen-bond donors (Lipinski definition) is 1. The quantitative estimate of drug-likeness (QED) is 0.785. The van der Waals surface area contributed by atoms with E-state index in [2.05, 4.69) is 5.32 Å². The zero-order valence-electron chi connectivity index (χ0n) is 14.4. The molecule has 0 saturated carbocycles. The van der Waals surface area contributed by atoms with Gasteiger partial charge in [0.2, 0.25) is 0 Å². The van der Waals surface area contributed by atoms with Gasteiger partial charge in [0, 0.05) is 6.54 Å². The topological polar surface area (TPSA) is 55.4 Å². The van der Waals surface area contributed by atoms with Crippen LogP contribution in [0.4, 0.5) is 4.39 Å². The lowest BCUT2D eigenvalue weighted by Gasteiger charge is -2.13. The summed E-state index contributed by atoms with van der Waals surface area (Å²) >= 11 is 0. The van der Waals surface area contributed by atoms with E-state index in [9.17, 15) is 14.0 Å². The van der Waals surface area contributed by atoms with Crippen LogP contribution in [-0.2, 0) is 22.4 Å². The van der Waals surface area contributed by atoms with Gasteiger partial charge in [0.05, 0.1) is 5.56 Å². The second-order valence-electron chi connectivity index (χ2n) is 5.77. The van der Waals surface area contributed by atoms with E-state index < -0.39 is 12.1 Å². The Labute approximate surface area is 147 Å². The highest BCUT2D eigenvalue weighted by Gasteiger charge is 2.18. The molecule has 1 amide bonds. The molecule has 0 aliphatic carbocycles. The van der Waals surface area contributed by atoms with Crippen LogP contribution >= 0.6 is 0 Å². The average molecular weight is 343 g/mol. The third-order valence-electron chi connectivity index (χ3n) is 3.88. The summed E-state index contributed by atoms with van der Waals surface area (Å²) in [5.74, 6) is -1.18. The van der Waals surface area contributed by atoms with E-state index in [1.165, 1.54) is 19.1 Å². The van der Waals surface area contributed by atoms with Crippen molar-refractivity contribution in [2.24, 2.45) is 0 Å². The molecular weight excluding hydrogens is 321 g/mol. The van der Waals surface area contributed by atoms with Crippen molar-refractivity contribution >= 4 is 11.9 Å². The second kappa shape index (κ2) is 8.97. The summed E-state index contributed by atoms with van der Waals surface area (Å²) in [5, 5.41) is 2.71. The minimum atomic E-state index is -0.883. The number of aryl methyl sites for hydroxylation is 1. The van der Waals surface area contributed by atoms with Gasteiger partial charge < -0.3 is 10.1 Å². The van der Waals surface area contributed by atoms with Gasteiger partial charge in [-0.05, 0) is 55.2 Å². The molecule has 2 aromatic carbocycles. The molecule has 0 aliphatic rings. The Morgan fingerprint density at radius 2 is 1.64 bits per heavy atom. The van der Waals surface area contributed by atoms with E-state index in [1.54, 1.807) is 24.3 Å². The fourth-order valence-corrected chi connectivity index (χ4v) is 2.28. The van der Waals surface area contributed by atoms with Crippen molar-refractivity contribution in [3.8, 4) is 0 Å². The van der Waals surface area contributed by atoms with Crippen LogP contribution in [-0.4, -0.2) is 24.5 Å². The summed E-state index contributed by atoms with van der Waals surface area (Å²) < 4.78 is 18.0. The fraction of sp³-hybridized carbons (Fsp3) is 0.300. The molecule has 2 rings (SSSR count). The molecule has 0 unspecified atom stereocenters. The Hall–Kier alpha value is -2.69. The van der Waals surface area contributed by atoms with Crippen LogP contribution in [0, 0.1) is 5.82 Å². The molecule has 0 bridgehead atoms. The molecule has 0 radical (unpaired) electrons. The van der Waals surface area contributed by atoms with Crippen LogP contribution in [0.2, 0.25) is 0 Å². The van der Waals surface area contributed by atoms with Crippen molar-refractivity contribution in [2.75, 3.05) is 6.54 Å². The van der Waals surface area contributed by atoms with Crippen LogP contribution in [0.3, 0.4) is 0 Å². The number of rotatable bonds is 7. The maximum atomic E-state index is 12.8. The molecule has 4 nitrogen and oxygen atoms in total. The van der Waals surface area contributed by atoms with Crippen molar-refractivity contribution in [2.45, 2.75) is 32.8 Å². The van der Waals surface area contributed by atoms with Gasteiger partial charge in [-0.25, -0.2) is 9.18 Å². The third kappa shape index (κ3) is 5.71. The van der Waals surface area contributed by atoms with E-state index in [1.807, 2.05) is 19.1 Å². The number of carbonyl (C=O) groups excluding carboxylic acids is 2. The third-order valence-corrected chi connectivity index (χ3v) is 3.88.